The molecule has 4 aliphatic heterocycles. The topological polar surface area (TPSA) is 113 Å². The average Bonchev–Trinajstić information content (AvgIpc) is 3.38. The lowest BCUT2D eigenvalue weighted by molar-refractivity contribution is -0.309. The summed E-state index contributed by atoms with van der Waals surface area (Å²) in [5.41, 5.74) is 2.36. The Hall–Kier alpha value is -1.49. The van der Waals surface area contributed by atoms with E-state index in [2.05, 4.69) is 13.0 Å². The van der Waals surface area contributed by atoms with Crippen LogP contribution in [0.2, 0.25) is 0 Å². The van der Waals surface area contributed by atoms with Crippen LogP contribution >= 0.6 is 0 Å². The van der Waals surface area contributed by atoms with Gasteiger partial charge in [-0.15, -0.1) is 0 Å². The quantitative estimate of drug-likeness (QED) is 0.428. The summed E-state index contributed by atoms with van der Waals surface area (Å²) in [5.74, 6) is -0.910. The molecular formula is C28H40O9. The van der Waals surface area contributed by atoms with E-state index in [-0.39, 0.29) is 41.3 Å². The first kappa shape index (κ1) is 25.8. The molecule has 37 heavy (non-hydrogen) atoms. The van der Waals surface area contributed by atoms with E-state index < -0.39 is 36.5 Å². The monoisotopic (exact) mass is 520 g/mol. The number of aliphatic hydroxyl groups excluding tert-OH is 2. The molecule has 6 rings (SSSR count). The predicted molar refractivity (Wildman–Crippen MR) is 130 cm³/mol. The SMILES string of the molecule is CO[C@H]1[C@H](O)[C@@H](O[C@H]2CC[C@@]3(C)C(=CC[C@H]4C(=O)O[C@@H]5CO[C@]6(C)OC=C(CC[C@@H]43)[C@H]56)C2)O[C@@H](C)[C@@H]1O. The standard InChI is InChI=1S/C28H40O9/c1-14-22(29)24(32-4)23(30)26(35-14)36-17-9-10-27(2)16(11-17)6-7-18-19(27)8-5-15-12-33-28(3)21(15)20(13-34-28)37-25(18)31/h6,12,14,17-24,26,29-30H,5,7-11,13H2,1-4H3/t14-,17-,18+,19-,20+,21+,22-,23-,24+,26+,27-,28-/m0/s1. The maximum atomic E-state index is 13.5. The minimum absolute atomic E-state index is 0.0419. The van der Waals surface area contributed by atoms with E-state index in [9.17, 15) is 15.0 Å². The Morgan fingerprint density at radius 2 is 1.97 bits per heavy atom. The van der Waals surface area contributed by atoms with Gasteiger partial charge in [0.2, 0.25) is 5.79 Å². The van der Waals surface area contributed by atoms with Crippen LogP contribution in [0.5, 0.6) is 0 Å². The number of aliphatic hydroxyl groups is 2. The maximum absolute atomic E-state index is 13.5. The molecule has 2 N–H and O–H groups in total. The third-order valence-electron chi connectivity index (χ3n) is 10.1. The lowest BCUT2D eigenvalue weighted by Gasteiger charge is -2.51. The first-order valence-electron chi connectivity index (χ1n) is 13.7. The molecule has 0 aromatic heterocycles. The minimum atomic E-state index is -1.07. The van der Waals surface area contributed by atoms with Gasteiger partial charge in [0.15, 0.2) is 6.29 Å². The van der Waals surface area contributed by atoms with Crippen molar-refractivity contribution >= 4 is 5.97 Å². The van der Waals surface area contributed by atoms with Crippen LogP contribution in [0.25, 0.3) is 0 Å². The number of fused-ring (bicyclic) bond motifs is 3. The van der Waals surface area contributed by atoms with Crippen molar-refractivity contribution in [3.05, 3.63) is 23.5 Å². The normalized spacial score (nSPS) is 51.2. The van der Waals surface area contributed by atoms with Crippen molar-refractivity contribution in [3.8, 4) is 0 Å². The van der Waals surface area contributed by atoms with Crippen LogP contribution in [0.1, 0.15) is 59.3 Å². The number of rotatable bonds is 3. The van der Waals surface area contributed by atoms with Crippen LogP contribution < -0.4 is 0 Å². The highest BCUT2D eigenvalue weighted by molar-refractivity contribution is 5.74. The molecule has 4 heterocycles. The second kappa shape index (κ2) is 9.31. The van der Waals surface area contributed by atoms with Crippen molar-refractivity contribution in [2.45, 2.75) is 108 Å². The number of hydrogen-bond acceptors (Lipinski definition) is 9. The highest BCUT2D eigenvalue weighted by Crippen LogP contribution is 2.57. The molecule has 9 nitrogen and oxygen atoms in total. The summed E-state index contributed by atoms with van der Waals surface area (Å²) < 4.78 is 35.3. The number of allylic oxidation sites excluding steroid dienone is 1. The van der Waals surface area contributed by atoms with Gasteiger partial charge in [0, 0.05) is 14.0 Å². The van der Waals surface area contributed by atoms with Gasteiger partial charge in [-0.2, -0.15) is 0 Å². The molecule has 0 radical (unpaired) electrons. The summed E-state index contributed by atoms with van der Waals surface area (Å²) in [7, 11) is 1.47. The van der Waals surface area contributed by atoms with Gasteiger partial charge >= 0.3 is 5.97 Å². The summed E-state index contributed by atoms with van der Waals surface area (Å²) in [4.78, 5) is 13.5. The van der Waals surface area contributed by atoms with Gasteiger partial charge in [-0.25, -0.2) is 0 Å². The summed E-state index contributed by atoms with van der Waals surface area (Å²) in [5, 5.41) is 21.0. The molecule has 12 atom stereocenters. The summed E-state index contributed by atoms with van der Waals surface area (Å²) >= 11 is 0. The van der Waals surface area contributed by atoms with Gasteiger partial charge < -0.3 is 38.6 Å². The third kappa shape index (κ3) is 4.08. The zero-order valence-electron chi connectivity index (χ0n) is 22.1. The lowest BCUT2D eigenvalue weighted by Crippen LogP contribution is -2.59. The molecule has 4 fully saturated rings. The molecule has 0 aromatic carbocycles. The fraction of sp³-hybridized carbons (Fsp3) is 0.821. The molecule has 0 amide bonds. The molecule has 2 aliphatic carbocycles. The Bertz CT molecular complexity index is 979. The van der Waals surface area contributed by atoms with Crippen molar-refractivity contribution in [1.82, 2.24) is 0 Å². The Morgan fingerprint density at radius 1 is 1.16 bits per heavy atom. The highest BCUT2D eigenvalue weighted by atomic mass is 16.7. The molecule has 1 saturated carbocycles. The summed E-state index contributed by atoms with van der Waals surface area (Å²) in [6.07, 6.45) is 4.30. The van der Waals surface area contributed by atoms with Crippen molar-refractivity contribution in [1.29, 1.82) is 0 Å². The van der Waals surface area contributed by atoms with Crippen molar-refractivity contribution in [3.63, 3.8) is 0 Å². The van der Waals surface area contributed by atoms with E-state index in [1.54, 1.807) is 6.92 Å². The first-order valence-corrected chi connectivity index (χ1v) is 13.7. The summed E-state index contributed by atoms with van der Waals surface area (Å²) in [6.45, 7) is 6.35. The van der Waals surface area contributed by atoms with Crippen molar-refractivity contribution in [2.75, 3.05) is 13.7 Å². The molecule has 0 unspecified atom stereocenters. The van der Waals surface area contributed by atoms with Crippen LogP contribution in [-0.2, 0) is 33.2 Å². The van der Waals surface area contributed by atoms with Gasteiger partial charge in [0.25, 0.3) is 0 Å². The Kier molecular flexibility index (Phi) is 6.49. The van der Waals surface area contributed by atoms with Gasteiger partial charge in [0.1, 0.15) is 24.4 Å². The first-order chi connectivity index (χ1) is 17.6. The Morgan fingerprint density at radius 3 is 2.76 bits per heavy atom. The number of ether oxygens (including phenoxy) is 6. The molecule has 6 aliphatic rings. The average molecular weight is 521 g/mol. The third-order valence-corrected chi connectivity index (χ3v) is 10.1. The zero-order valence-corrected chi connectivity index (χ0v) is 22.1. The number of hydrogen-bond donors (Lipinski definition) is 2. The molecule has 206 valence electrons. The van der Waals surface area contributed by atoms with Crippen LogP contribution in [0, 0.1) is 23.2 Å². The lowest BCUT2D eigenvalue weighted by atomic mass is 9.55. The van der Waals surface area contributed by atoms with E-state index in [1.807, 2.05) is 13.2 Å². The summed E-state index contributed by atoms with van der Waals surface area (Å²) in [6, 6.07) is 0. The van der Waals surface area contributed by atoms with E-state index in [1.165, 1.54) is 18.3 Å². The zero-order chi connectivity index (χ0) is 26.1. The van der Waals surface area contributed by atoms with Gasteiger partial charge in [-0.05, 0) is 62.4 Å². The number of methoxy groups -OCH3 is 1. The smallest absolute Gasteiger partial charge is 0.309 e. The minimum Gasteiger partial charge on any atom is -0.469 e. The Labute approximate surface area is 218 Å². The predicted octanol–water partition coefficient (Wildman–Crippen LogP) is 2.59. The number of carbonyl (C=O) groups is 1. The fourth-order valence-electron chi connectivity index (χ4n) is 7.89. The maximum Gasteiger partial charge on any atom is 0.309 e. The van der Waals surface area contributed by atoms with E-state index in [4.69, 9.17) is 28.4 Å². The Balaban J connectivity index is 1.19. The molecule has 0 spiro atoms. The second-order valence-electron chi connectivity index (χ2n) is 12.1. The number of carbonyl (C=O) groups excluding carboxylic acids is 1. The number of esters is 1. The van der Waals surface area contributed by atoms with E-state index in [0.717, 1.165) is 32.1 Å². The van der Waals surface area contributed by atoms with Gasteiger partial charge in [-0.1, -0.05) is 18.6 Å². The highest BCUT2D eigenvalue weighted by Gasteiger charge is 2.58. The molecule has 3 saturated heterocycles. The molecule has 0 aromatic rings. The van der Waals surface area contributed by atoms with Crippen molar-refractivity contribution < 1.29 is 43.4 Å². The second-order valence-corrected chi connectivity index (χ2v) is 12.1. The van der Waals surface area contributed by atoms with E-state index in [0.29, 0.717) is 13.0 Å². The fourth-order valence-corrected chi connectivity index (χ4v) is 7.89. The van der Waals surface area contributed by atoms with Crippen LogP contribution in [-0.4, -0.2) is 78.6 Å². The van der Waals surface area contributed by atoms with Crippen LogP contribution in [0.4, 0.5) is 0 Å². The molecule has 9 heteroatoms. The van der Waals surface area contributed by atoms with Crippen molar-refractivity contribution in [2.24, 2.45) is 23.2 Å². The largest absolute Gasteiger partial charge is 0.469 e. The van der Waals surface area contributed by atoms with Crippen LogP contribution in [0.3, 0.4) is 0 Å². The van der Waals surface area contributed by atoms with E-state index >= 15 is 0 Å². The molecule has 0 bridgehead atoms. The van der Waals surface area contributed by atoms with Crippen LogP contribution in [0.15, 0.2) is 23.5 Å². The van der Waals surface area contributed by atoms with Gasteiger partial charge in [-0.3, -0.25) is 4.79 Å². The van der Waals surface area contributed by atoms with Gasteiger partial charge in [0.05, 0.1) is 36.9 Å². The molecular weight excluding hydrogens is 480 g/mol.